The number of allylic oxidation sites excluding steroid dienone is 16. The van der Waals surface area contributed by atoms with Crippen molar-refractivity contribution in [3.05, 3.63) is 280 Å². The first-order chi connectivity index (χ1) is 31.5. The average molecular weight is 1070 g/mol. The molecular weight excluding hydrogens is 1020 g/mol. The number of hydrogen-bond donors (Lipinski definition) is 0. The smallest absolute Gasteiger partial charge is 1.00 e. The number of fused-ring (bicyclic) bond motifs is 2. The summed E-state index contributed by atoms with van der Waals surface area (Å²) in [4.78, 5) is 0. The molecule has 0 radical (unpaired) electrons. The van der Waals surface area contributed by atoms with Crippen molar-refractivity contribution in [1.29, 1.82) is 0 Å². The van der Waals surface area contributed by atoms with Crippen molar-refractivity contribution in [2.24, 2.45) is 0 Å². The van der Waals surface area contributed by atoms with Gasteiger partial charge in [0, 0.05) is 0 Å². The molecule has 0 aliphatic heterocycles. The molecule has 2 unspecified atom stereocenters. The molecule has 0 saturated carbocycles. The molecule has 0 fully saturated rings. The summed E-state index contributed by atoms with van der Waals surface area (Å²) in [6, 6.07) is 53.6. The summed E-state index contributed by atoms with van der Waals surface area (Å²) in [7, 11) is 0. The van der Waals surface area contributed by atoms with E-state index in [1.54, 1.807) is 12.1 Å². The van der Waals surface area contributed by atoms with E-state index < -0.39 is 21.0 Å². The van der Waals surface area contributed by atoms with E-state index in [-0.39, 0.29) is 48.3 Å². The second-order valence-corrected chi connectivity index (χ2v) is 25.1. The molecule has 5 heteroatoms. The van der Waals surface area contributed by atoms with Crippen molar-refractivity contribution in [3.63, 3.8) is 0 Å². The summed E-state index contributed by atoms with van der Waals surface area (Å²) in [5.41, 5.74) is 15.6. The van der Waals surface area contributed by atoms with Gasteiger partial charge in [-0.3, -0.25) is 0 Å². The van der Waals surface area contributed by atoms with Gasteiger partial charge in [0.25, 0.3) is 0 Å². The van der Waals surface area contributed by atoms with Crippen LogP contribution in [-0.2, 0) is 21.0 Å². The molecule has 6 aromatic carbocycles. The zero-order valence-corrected chi connectivity index (χ0v) is 42.2. The third-order valence-corrected chi connectivity index (χ3v) is 25.1. The van der Waals surface area contributed by atoms with Crippen LogP contribution in [0.1, 0.15) is 73.6 Å². The molecule has 0 amide bonds. The van der Waals surface area contributed by atoms with Gasteiger partial charge < -0.3 is 24.8 Å². The molecule has 66 heavy (non-hydrogen) atoms. The number of benzene rings is 6. The SMILES string of the molecule is CCC1=[C]([Hf+2]([C]2=C(CC)C=C3C2=CC=CCC3c2ccc(-c3ccccc3)c(F)c2)=[C](c2ccccc2)c2ccccc2)C2=CC=CCC(c3ccc(-c4ccccc4)c(F)c3)C2=C1.[Cl-].[Cl-]. The van der Waals surface area contributed by atoms with Gasteiger partial charge in [0.2, 0.25) is 0 Å². The molecule has 0 nitrogen and oxygen atoms in total. The first-order valence-corrected chi connectivity index (χ1v) is 28.1. The fraction of sp³-hybridized carbons (Fsp3) is 0.131. The fourth-order valence-electron chi connectivity index (χ4n) is 10.3. The van der Waals surface area contributed by atoms with Gasteiger partial charge in [-0.1, -0.05) is 0 Å². The summed E-state index contributed by atoms with van der Waals surface area (Å²) in [5, 5.41) is 0. The van der Waals surface area contributed by atoms with Crippen molar-refractivity contribution < 1.29 is 54.6 Å². The van der Waals surface area contributed by atoms with E-state index in [1.165, 1.54) is 54.5 Å². The quantitative estimate of drug-likeness (QED) is 0.120. The van der Waals surface area contributed by atoms with Crippen LogP contribution in [0.3, 0.4) is 0 Å². The zero-order chi connectivity index (χ0) is 43.6. The van der Waals surface area contributed by atoms with Crippen molar-refractivity contribution >= 4 is 3.26 Å². The van der Waals surface area contributed by atoms with E-state index in [0.717, 1.165) is 47.9 Å². The van der Waals surface area contributed by atoms with E-state index >= 15 is 8.78 Å². The predicted molar refractivity (Wildman–Crippen MR) is 260 cm³/mol. The van der Waals surface area contributed by atoms with Crippen molar-refractivity contribution in [3.8, 4) is 22.3 Å². The Hall–Kier alpha value is -5.58. The molecule has 0 saturated heterocycles. The van der Waals surface area contributed by atoms with Crippen LogP contribution < -0.4 is 24.8 Å². The van der Waals surface area contributed by atoms with E-state index in [0.29, 0.717) is 11.1 Å². The predicted octanol–water partition coefficient (Wildman–Crippen LogP) is 10.0. The minimum absolute atomic E-state index is 0. The average Bonchev–Trinajstić information content (AvgIpc) is 3.71. The van der Waals surface area contributed by atoms with Crippen molar-refractivity contribution in [1.82, 2.24) is 0 Å². The molecule has 0 bridgehead atoms. The van der Waals surface area contributed by atoms with E-state index in [4.69, 9.17) is 0 Å². The summed E-state index contributed by atoms with van der Waals surface area (Å²) in [6.45, 7) is 4.60. The van der Waals surface area contributed by atoms with Gasteiger partial charge in [-0.15, -0.1) is 0 Å². The van der Waals surface area contributed by atoms with Crippen LogP contribution in [0.5, 0.6) is 0 Å². The summed E-state index contributed by atoms with van der Waals surface area (Å²) in [6.07, 6.45) is 22.1. The van der Waals surface area contributed by atoms with Crippen LogP contribution in [0.4, 0.5) is 8.78 Å². The Bertz CT molecular complexity index is 2850. The normalized spacial score (nSPS) is 17.1. The maximum absolute atomic E-state index is 16.2. The van der Waals surface area contributed by atoms with Crippen molar-refractivity contribution in [2.75, 3.05) is 0 Å². The third-order valence-electron chi connectivity index (χ3n) is 13.4. The molecule has 0 spiro atoms. The molecule has 10 rings (SSSR count). The van der Waals surface area contributed by atoms with Crippen LogP contribution in [0.25, 0.3) is 22.3 Å². The Morgan fingerprint density at radius 3 is 1.24 bits per heavy atom. The standard InChI is InChI=1S/2C24H20F.C13H10.2ClH.Hf/c2*1-2-17-14-19-10-6-7-11-21(23(19)15-17)20-12-13-22(24(25)16-20)18-8-4-3-5-9-18;1-3-7-12(8-4-1)11-13-9-5-2-6-10-13;;;/h2*3-10,12-13,15-16,21H,2,11H2,1H3;1-10H;2*1H;/q;;;;;+2/p-2. The maximum Gasteiger partial charge on any atom is -1.00 e. The van der Waals surface area contributed by atoms with Gasteiger partial charge >= 0.3 is 387 Å². The number of rotatable bonds is 10. The molecule has 0 heterocycles. The van der Waals surface area contributed by atoms with Crippen LogP contribution in [-0.4, -0.2) is 3.26 Å². The molecule has 6 aromatic rings. The van der Waals surface area contributed by atoms with E-state index in [9.17, 15) is 0 Å². The number of halogens is 4. The second-order valence-electron chi connectivity index (χ2n) is 17.0. The Morgan fingerprint density at radius 1 is 0.500 bits per heavy atom. The summed E-state index contributed by atoms with van der Waals surface area (Å²) in [5.74, 6) is -0.373. The molecule has 0 N–H and O–H groups in total. The zero-order valence-electron chi connectivity index (χ0n) is 37.1. The molecular formula is C61H50Cl2F2Hf. The number of hydrogen-bond acceptors (Lipinski definition) is 0. The molecule has 4 aliphatic carbocycles. The van der Waals surface area contributed by atoms with Gasteiger partial charge in [-0.05, 0) is 0 Å². The fourth-order valence-corrected chi connectivity index (χ4v) is 23.9. The van der Waals surface area contributed by atoms with E-state index in [2.05, 4.69) is 135 Å². The molecule has 4 aliphatic rings. The van der Waals surface area contributed by atoms with Gasteiger partial charge in [0.05, 0.1) is 0 Å². The Labute approximate surface area is 408 Å². The largest absolute Gasteiger partial charge is 1.00 e. The second kappa shape index (κ2) is 20.9. The van der Waals surface area contributed by atoms with Crippen LogP contribution in [0.15, 0.2) is 246 Å². The van der Waals surface area contributed by atoms with Gasteiger partial charge in [0.1, 0.15) is 0 Å². The Kier molecular flexibility index (Phi) is 14.9. The monoisotopic (exact) mass is 1070 g/mol. The Morgan fingerprint density at radius 2 is 0.879 bits per heavy atom. The first kappa shape index (κ1) is 46.9. The topological polar surface area (TPSA) is 0 Å². The minimum atomic E-state index is -3.63. The Balaban J connectivity index is 0.00000296. The van der Waals surface area contributed by atoms with Gasteiger partial charge in [-0.25, -0.2) is 0 Å². The van der Waals surface area contributed by atoms with Gasteiger partial charge in [0.15, 0.2) is 0 Å². The maximum atomic E-state index is 16.2. The van der Waals surface area contributed by atoms with Crippen LogP contribution >= 0.6 is 0 Å². The molecule has 2 atom stereocenters. The summed E-state index contributed by atoms with van der Waals surface area (Å²) < 4.78 is 36.9. The van der Waals surface area contributed by atoms with Crippen LogP contribution in [0, 0.1) is 11.6 Å². The summed E-state index contributed by atoms with van der Waals surface area (Å²) >= 11 is -3.63. The first-order valence-electron chi connectivity index (χ1n) is 22.7. The third kappa shape index (κ3) is 8.98. The minimum Gasteiger partial charge on any atom is -1.00 e. The van der Waals surface area contributed by atoms with Crippen LogP contribution in [0.2, 0.25) is 0 Å². The van der Waals surface area contributed by atoms with Crippen molar-refractivity contribution in [2.45, 2.75) is 51.4 Å². The molecule has 0 aromatic heterocycles. The van der Waals surface area contributed by atoms with E-state index in [1.807, 2.05) is 72.8 Å². The molecule has 326 valence electrons. The van der Waals surface area contributed by atoms with Gasteiger partial charge in [-0.2, -0.15) is 0 Å².